The maximum absolute atomic E-state index is 10.7. The van der Waals surface area contributed by atoms with Crippen molar-refractivity contribution in [3.05, 3.63) is 24.0 Å². The van der Waals surface area contributed by atoms with Crippen LogP contribution in [-0.2, 0) is 4.79 Å². The van der Waals surface area contributed by atoms with Gasteiger partial charge in [-0.1, -0.05) is 6.58 Å². The number of carbonyl (C=O) groups is 1. The third kappa shape index (κ3) is 1.43. The van der Waals surface area contributed by atoms with Gasteiger partial charge in [0.05, 0.1) is 0 Å². The topological polar surface area (TPSA) is 52.9 Å². The SMILES string of the molecule is C=C1C=C(C(=O)O)N=C2CCCCN12. The Bertz CT molecular complexity index is 355. The number of fused-ring (bicyclic) bond motifs is 1. The van der Waals surface area contributed by atoms with Crippen molar-refractivity contribution in [2.75, 3.05) is 6.54 Å². The highest BCUT2D eigenvalue weighted by molar-refractivity contribution is 5.95. The van der Waals surface area contributed by atoms with Crippen LogP contribution in [0, 0.1) is 0 Å². The summed E-state index contributed by atoms with van der Waals surface area (Å²) in [5, 5.41) is 8.81. The number of rotatable bonds is 1. The van der Waals surface area contributed by atoms with Crippen molar-refractivity contribution >= 4 is 11.8 Å². The van der Waals surface area contributed by atoms with Crippen molar-refractivity contribution in [1.82, 2.24) is 4.90 Å². The molecule has 14 heavy (non-hydrogen) atoms. The number of aliphatic carboxylic acids is 1. The largest absolute Gasteiger partial charge is 0.477 e. The lowest BCUT2D eigenvalue weighted by Gasteiger charge is -2.32. The molecule has 0 unspecified atom stereocenters. The molecular weight excluding hydrogens is 180 g/mol. The molecule has 2 rings (SSSR count). The van der Waals surface area contributed by atoms with Gasteiger partial charge in [-0.2, -0.15) is 0 Å². The van der Waals surface area contributed by atoms with E-state index in [0.717, 1.165) is 37.3 Å². The normalized spacial score (nSPS) is 21.1. The second-order valence-corrected chi connectivity index (χ2v) is 3.46. The van der Waals surface area contributed by atoms with Gasteiger partial charge in [-0.3, -0.25) is 0 Å². The Morgan fingerprint density at radius 2 is 2.36 bits per heavy atom. The summed E-state index contributed by atoms with van der Waals surface area (Å²) in [6.07, 6.45) is 4.57. The molecule has 2 aliphatic heterocycles. The lowest BCUT2D eigenvalue weighted by Crippen LogP contribution is -2.36. The Hall–Kier alpha value is -1.58. The Morgan fingerprint density at radius 3 is 3.07 bits per heavy atom. The van der Waals surface area contributed by atoms with Crippen molar-refractivity contribution in [3.8, 4) is 0 Å². The first-order chi connectivity index (χ1) is 6.68. The summed E-state index contributed by atoms with van der Waals surface area (Å²) in [5.74, 6) is -0.134. The lowest BCUT2D eigenvalue weighted by atomic mass is 10.1. The number of amidine groups is 1. The van der Waals surface area contributed by atoms with Crippen LogP contribution in [0.5, 0.6) is 0 Å². The summed E-state index contributed by atoms with van der Waals surface area (Å²) in [7, 11) is 0. The van der Waals surface area contributed by atoms with Gasteiger partial charge in [0, 0.05) is 18.7 Å². The standard InChI is InChI=1S/C10H12N2O2/c1-7-6-8(10(13)14)11-9-4-2-3-5-12(7)9/h6H,1-5H2,(H,13,14). The van der Waals surface area contributed by atoms with Crippen molar-refractivity contribution < 1.29 is 9.90 Å². The number of nitrogens with zero attached hydrogens (tertiary/aromatic N) is 2. The molecule has 0 atom stereocenters. The molecule has 0 aromatic heterocycles. The molecule has 2 aliphatic rings. The van der Waals surface area contributed by atoms with Crippen LogP contribution in [0.1, 0.15) is 19.3 Å². The van der Waals surface area contributed by atoms with E-state index >= 15 is 0 Å². The fourth-order valence-electron chi connectivity index (χ4n) is 1.76. The third-order valence-corrected chi connectivity index (χ3v) is 2.46. The molecule has 1 saturated heterocycles. The molecular formula is C10H12N2O2. The van der Waals surface area contributed by atoms with Gasteiger partial charge in [-0.05, 0) is 18.9 Å². The zero-order valence-corrected chi connectivity index (χ0v) is 7.86. The van der Waals surface area contributed by atoms with Crippen LogP contribution in [0.3, 0.4) is 0 Å². The molecule has 0 aromatic carbocycles. The fraction of sp³-hybridized carbons (Fsp3) is 0.400. The summed E-state index contributed by atoms with van der Waals surface area (Å²) in [6.45, 7) is 4.74. The monoisotopic (exact) mass is 192 g/mol. The smallest absolute Gasteiger partial charge is 0.354 e. The van der Waals surface area contributed by atoms with Gasteiger partial charge in [-0.25, -0.2) is 9.79 Å². The van der Waals surface area contributed by atoms with Crippen LogP contribution in [0.4, 0.5) is 0 Å². The minimum absolute atomic E-state index is 0.100. The first-order valence-corrected chi connectivity index (χ1v) is 4.67. The first kappa shape index (κ1) is 8.99. The van der Waals surface area contributed by atoms with E-state index in [9.17, 15) is 4.79 Å². The average Bonchev–Trinajstić information content (AvgIpc) is 2.17. The second-order valence-electron chi connectivity index (χ2n) is 3.46. The highest BCUT2D eigenvalue weighted by Gasteiger charge is 2.23. The Kier molecular flexibility index (Phi) is 2.11. The van der Waals surface area contributed by atoms with E-state index in [0.29, 0.717) is 0 Å². The molecule has 0 saturated carbocycles. The maximum atomic E-state index is 10.7. The highest BCUT2D eigenvalue weighted by Crippen LogP contribution is 2.23. The molecule has 1 fully saturated rings. The molecule has 0 bridgehead atoms. The summed E-state index contributed by atoms with van der Waals surface area (Å²) < 4.78 is 0. The Morgan fingerprint density at radius 1 is 1.57 bits per heavy atom. The van der Waals surface area contributed by atoms with Crippen molar-refractivity contribution in [2.24, 2.45) is 4.99 Å². The third-order valence-electron chi connectivity index (χ3n) is 2.46. The number of hydrogen-bond acceptors (Lipinski definition) is 3. The van der Waals surface area contributed by atoms with Gasteiger partial charge in [0.1, 0.15) is 5.84 Å². The van der Waals surface area contributed by atoms with Crippen molar-refractivity contribution in [2.45, 2.75) is 19.3 Å². The minimum atomic E-state index is -0.983. The van der Waals surface area contributed by atoms with E-state index in [1.807, 2.05) is 4.90 Å². The quantitative estimate of drug-likeness (QED) is 0.682. The summed E-state index contributed by atoms with van der Waals surface area (Å²) in [6, 6.07) is 0. The van der Waals surface area contributed by atoms with E-state index in [1.165, 1.54) is 6.08 Å². The molecule has 4 nitrogen and oxygen atoms in total. The number of hydrogen-bond donors (Lipinski definition) is 1. The predicted molar refractivity (Wildman–Crippen MR) is 52.9 cm³/mol. The molecule has 0 spiro atoms. The predicted octanol–water partition coefficient (Wildman–Crippen LogP) is 1.37. The molecule has 0 aromatic rings. The van der Waals surface area contributed by atoms with Gasteiger partial charge in [0.2, 0.25) is 0 Å². The minimum Gasteiger partial charge on any atom is -0.477 e. The molecule has 74 valence electrons. The lowest BCUT2D eigenvalue weighted by molar-refractivity contribution is -0.132. The fourth-order valence-corrected chi connectivity index (χ4v) is 1.76. The van der Waals surface area contributed by atoms with Gasteiger partial charge in [0.15, 0.2) is 5.70 Å². The van der Waals surface area contributed by atoms with E-state index in [1.54, 1.807) is 0 Å². The number of aliphatic imine (C=N–C) groups is 1. The molecule has 0 amide bonds. The van der Waals surface area contributed by atoms with E-state index in [2.05, 4.69) is 11.6 Å². The average molecular weight is 192 g/mol. The number of carboxylic acid groups (broad SMARTS) is 1. The second kappa shape index (κ2) is 3.29. The summed E-state index contributed by atoms with van der Waals surface area (Å²) >= 11 is 0. The molecule has 1 N–H and O–H groups in total. The van der Waals surface area contributed by atoms with Gasteiger partial charge < -0.3 is 10.0 Å². The van der Waals surface area contributed by atoms with E-state index < -0.39 is 5.97 Å². The Balaban J connectivity index is 2.31. The molecule has 2 heterocycles. The van der Waals surface area contributed by atoms with Crippen LogP contribution in [0.15, 0.2) is 29.0 Å². The number of carboxylic acids is 1. The van der Waals surface area contributed by atoms with Crippen LogP contribution in [0.2, 0.25) is 0 Å². The van der Waals surface area contributed by atoms with Crippen LogP contribution in [-0.4, -0.2) is 28.4 Å². The van der Waals surface area contributed by atoms with E-state index in [-0.39, 0.29) is 5.70 Å². The van der Waals surface area contributed by atoms with Crippen molar-refractivity contribution in [1.29, 1.82) is 0 Å². The summed E-state index contributed by atoms with van der Waals surface area (Å²) in [5.41, 5.74) is 0.843. The Labute approximate surface area is 82.2 Å². The van der Waals surface area contributed by atoms with Crippen LogP contribution >= 0.6 is 0 Å². The van der Waals surface area contributed by atoms with Gasteiger partial charge in [-0.15, -0.1) is 0 Å². The number of piperidine rings is 1. The first-order valence-electron chi connectivity index (χ1n) is 4.67. The zero-order valence-electron chi connectivity index (χ0n) is 7.86. The van der Waals surface area contributed by atoms with Crippen LogP contribution in [0.25, 0.3) is 0 Å². The molecule has 4 heteroatoms. The molecule has 0 aliphatic carbocycles. The highest BCUT2D eigenvalue weighted by atomic mass is 16.4. The zero-order chi connectivity index (χ0) is 10.1. The molecule has 0 radical (unpaired) electrons. The van der Waals surface area contributed by atoms with Crippen LogP contribution < -0.4 is 0 Å². The number of allylic oxidation sites excluding steroid dienone is 1. The maximum Gasteiger partial charge on any atom is 0.354 e. The van der Waals surface area contributed by atoms with Crippen molar-refractivity contribution in [3.63, 3.8) is 0 Å². The van der Waals surface area contributed by atoms with Gasteiger partial charge >= 0.3 is 5.97 Å². The van der Waals surface area contributed by atoms with E-state index in [4.69, 9.17) is 5.11 Å². The van der Waals surface area contributed by atoms with Gasteiger partial charge in [0.25, 0.3) is 0 Å². The summed E-state index contributed by atoms with van der Waals surface area (Å²) in [4.78, 5) is 16.8.